The number of nitrogens with one attached hydrogen (secondary N) is 1. The fourth-order valence-corrected chi connectivity index (χ4v) is 2.10. The summed E-state index contributed by atoms with van der Waals surface area (Å²) in [6.45, 7) is 0.500. The van der Waals surface area contributed by atoms with Crippen molar-refractivity contribution in [2.45, 2.75) is 6.42 Å². The van der Waals surface area contributed by atoms with Crippen molar-refractivity contribution in [2.75, 3.05) is 25.2 Å². The second kappa shape index (κ2) is 9.22. The molecule has 0 fully saturated rings. The second-order valence-electron chi connectivity index (χ2n) is 3.79. The second-order valence-corrected chi connectivity index (χ2v) is 5.01. The maximum absolute atomic E-state index is 11.3. The Morgan fingerprint density at radius 3 is 2.85 bits per heavy atom. The predicted octanol–water partition coefficient (Wildman–Crippen LogP) is 0.965. The van der Waals surface area contributed by atoms with E-state index in [-0.39, 0.29) is 11.9 Å². The van der Waals surface area contributed by atoms with Gasteiger partial charge in [0, 0.05) is 17.1 Å². The van der Waals surface area contributed by atoms with E-state index in [9.17, 15) is 9.59 Å². The summed E-state index contributed by atoms with van der Waals surface area (Å²) in [7, 11) is 1.38. The number of hydrazine groups is 1. The fourth-order valence-electron chi connectivity index (χ4n) is 1.39. The summed E-state index contributed by atoms with van der Waals surface area (Å²) in [4.78, 5) is 22.2. The van der Waals surface area contributed by atoms with E-state index in [1.165, 1.54) is 7.11 Å². The number of rotatable bonds is 8. The number of methoxy groups -OCH3 is 1. The Bertz CT molecular complexity index is 454. The average Bonchev–Trinajstić information content (AvgIpc) is 2.49. The number of esters is 1. The molecule has 3 N–H and O–H groups in total. The lowest BCUT2D eigenvalue weighted by atomic mass is 10.2. The van der Waals surface area contributed by atoms with Crippen LogP contribution in [-0.4, -0.2) is 37.1 Å². The zero-order valence-corrected chi connectivity index (χ0v) is 12.1. The minimum Gasteiger partial charge on any atom is -0.493 e. The Balaban J connectivity index is 2.25. The monoisotopic (exact) mass is 298 g/mol. The van der Waals surface area contributed by atoms with Crippen molar-refractivity contribution in [1.82, 2.24) is 5.43 Å². The van der Waals surface area contributed by atoms with E-state index in [2.05, 4.69) is 10.2 Å². The summed E-state index contributed by atoms with van der Waals surface area (Å²) in [5.41, 5.74) is 2.51. The van der Waals surface area contributed by atoms with Crippen LogP contribution in [0.4, 0.5) is 0 Å². The van der Waals surface area contributed by atoms with Crippen LogP contribution in [0, 0.1) is 0 Å². The highest BCUT2D eigenvalue weighted by Crippen LogP contribution is 2.14. The molecule has 0 saturated heterocycles. The molecule has 7 heteroatoms. The summed E-state index contributed by atoms with van der Waals surface area (Å²) in [6, 6.07) is 6.78. The van der Waals surface area contributed by atoms with Gasteiger partial charge in [0.05, 0.1) is 20.1 Å². The number of amides is 1. The summed E-state index contributed by atoms with van der Waals surface area (Å²) in [5.74, 6) is 6.56. The van der Waals surface area contributed by atoms with Crippen molar-refractivity contribution >= 4 is 23.6 Å². The summed E-state index contributed by atoms with van der Waals surface area (Å²) < 4.78 is 10.1. The van der Waals surface area contributed by atoms with Crippen LogP contribution >= 0.6 is 11.8 Å². The molecular formula is C13H18N2O4S. The van der Waals surface area contributed by atoms with Crippen LogP contribution in [0.5, 0.6) is 5.75 Å². The fraction of sp³-hybridized carbons (Fsp3) is 0.385. The van der Waals surface area contributed by atoms with Gasteiger partial charge in [-0.15, -0.1) is 0 Å². The largest absolute Gasteiger partial charge is 0.493 e. The van der Waals surface area contributed by atoms with Crippen LogP contribution in [0.25, 0.3) is 0 Å². The number of hydrogen-bond donors (Lipinski definition) is 2. The minimum atomic E-state index is -0.358. The van der Waals surface area contributed by atoms with E-state index in [1.807, 2.05) is 0 Å². The number of thioether (sulfide) groups is 1. The zero-order chi connectivity index (χ0) is 14.8. The molecule has 110 valence electrons. The first-order valence-corrected chi connectivity index (χ1v) is 7.21. The topological polar surface area (TPSA) is 90.6 Å². The highest BCUT2D eigenvalue weighted by atomic mass is 32.2. The number of hydrogen-bond acceptors (Lipinski definition) is 6. The molecule has 0 unspecified atom stereocenters. The van der Waals surface area contributed by atoms with Gasteiger partial charge >= 0.3 is 5.97 Å². The van der Waals surface area contributed by atoms with Crippen LogP contribution in [0.1, 0.15) is 16.8 Å². The SMILES string of the molecule is COC(=O)CCSCCOc1cccc(C(=O)NN)c1. The molecule has 1 rings (SSSR count). The number of ether oxygens (including phenoxy) is 2. The van der Waals surface area contributed by atoms with Crippen molar-refractivity contribution in [3.8, 4) is 5.75 Å². The molecule has 0 aliphatic rings. The molecule has 0 atom stereocenters. The van der Waals surface area contributed by atoms with Crippen molar-refractivity contribution in [3.63, 3.8) is 0 Å². The highest BCUT2D eigenvalue weighted by molar-refractivity contribution is 7.99. The van der Waals surface area contributed by atoms with E-state index in [1.54, 1.807) is 36.0 Å². The maximum Gasteiger partial charge on any atom is 0.306 e. The summed E-state index contributed by atoms with van der Waals surface area (Å²) >= 11 is 1.61. The molecule has 0 aromatic heterocycles. The van der Waals surface area contributed by atoms with Gasteiger partial charge in [-0.1, -0.05) is 6.07 Å². The standard InChI is InChI=1S/C13H18N2O4S/c1-18-12(16)5-7-20-8-6-19-11-4-2-3-10(9-11)13(17)15-14/h2-4,9H,5-8,14H2,1H3,(H,15,17). The van der Waals surface area contributed by atoms with Crippen LogP contribution in [0.15, 0.2) is 24.3 Å². The third-order valence-corrected chi connectivity index (χ3v) is 3.35. The van der Waals surface area contributed by atoms with Crippen molar-refractivity contribution < 1.29 is 19.1 Å². The number of nitrogens with two attached hydrogens (primary N) is 1. The molecule has 6 nitrogen and oxygen atoms in total. The molecule has 20 heavy (non-hydrogen) atoms. The van der Waals surface area contributed by atoms with Gasteiger partial charge in [0.25, 0.3) is 5.91 Å². The molecule has 0 aliphatic heterocycles. The van der Waals surface area contributed by atoms with E-state index < -0.39 is 0 Å². The van der Waals surface area contributed by atoms with Gasteiger partial charge in [-0.25, -0.2) is 5.84 Å². The quantitative estimate of drug-likeness (QED) is 0.244. The Kier molecular flexibility index (Phi) is 7.52. The number of carbonyl (C=O) groups is 2. The van der Waals surface area contributed by atoms with Gasteiger partial charge in [-0.2, -0.15) is 11.8 Å². The average molecular weight is 298 g/mol. The van der Waals surface area contributed by atoms with Gasteiger partial charge in [0.15, 0.2) is 0 Å². The molecule has 1 aromatic rings. The first-order valence-electron chi connectivity index (χ1n) is 6.05. The van der Waals surface area contributed by atoms with Crippen molar-refractivity contribution in [1.29, 1.82) is 0 Å². The maximum atomic E-state index is 11.3. The van der Waals surface area contributed by atoms with Gasteiger partial charge in [-0.05, 0) is 18.2 Å². The number of benzene rings is 1. The van der Waals surface area contributed by atoms with E-state index in [0.717, 1.165) is 5.75 Å². The molecule has 0 aliphatic carbocycles. The smallest absolute Gasteiger partial charge is 0.306 e. The summed E-state index contributed by atoms with van der Waals surface area (Å²) in [5, 5.41) is 0. The Morgan fingerprint density at radius 2 is 2.15 bits per heavy atom. The van der Waals surface area contributed by atoms with Crippen LogP contribution in [0.3, 0.4) is 0 Å². The van der Waals surface area contributed by atoms with Crippen molar-refractivity contribution in [2.24, 2.45) is 5.84 Å². The number of nitrogen functional groups attached to an aromatic ring is 1. The van der Waals surface area contributed by atoms with Crippen molar-refractivity contribution in [3.05, 3.63) is 29.8 Å². The van der Waals surface area contributed by atoms with E-state index in [0.29, 0.717) is 30.1 Å². The highest BCUT2D eigenvalue weighted by Gasteiger charge is 2.04. The lowest BCUT2D eigenvalue weighted by Gasteiger charge is -2.07. The Labute approximate surface area is 122 Å². The van der Waals surface area contributed by atoms with Gasteiger partial charge in [0.2, 0.25) is 0 Å². The minimum absolute atomic E-state index is 0.209. The molecule has 0 radical (unpaired) electrons. The molecule has 1 amide bonds. The first-order chi connectivity index (χ1) is 9.67. The Hall–Kier alpha value is -1.73. The third-order valence-electron chi connectivity index (χ3n) is 2.40. The molecule has 0 spiro atoms. The lowest BCUT2D eigenvalue weighted by Crippen LogP contribution is -2.29. The van der Waals surface area contributed by atoms with Gasteiger partial charge in [-0.3, -0.25) is 15.0 Å². The van der Waals surface area contributed by atoms with Crippen LogP contribution in [-0.2, 0) is 9.53 Å². The molecule has 0 bridgehead atoms. The van der Waals surface area contributed by atoms with Gasteiger partial charge < -0.3 is 9.47 Å². The molecule has 1 aromatic carbocycles. The van der Waals surface area contributed by atoms with Gasteiger partial charge in [0.1, 0.15) is 5.75 Å². The van der Waals surface area contributed by atoms with E-state index in [4.69, 9.17) is 10.6 Å². The molecule has 0 heterocycles. The number of carbonyl (C=O) groups excluding carboxylic acids is 2. The predicted molar refractivity (Wildman–Crippen MR) is 77.5 cm³/mol. The molecule has 0 saturated carbocycles. The van der Waals surface area contributed by atoms with E-state index >= 15 is 0 Å². The van der Waals surface area contributed by atoms with Crippen LogP contribution < -0.4 is 16.0 Å². The Morgan fingerprint density at radius 1 is 1.35 bits per heavy atom. The zero-order valence-electron chi connectivity index (χ0n) is 11.3. The normalized spacial score (nSPS) is 9.90. The van der Waals surface area contributed by atoms with Crippen LogP contribution in [0.2, 0.25) is 0 Å². The molecular weight excluding hydrogens is 280 g/mol. The lowest BCUT2D eigenvalue weighted by molar-refractivity contribution is -0.140. The third kappa shape index (κ3) is 5.94. The summed E-state index contributed by atoms with van der Waals surface area (Å²) in [6.07, 6.45) is 0.396. The first kappa shape index (κ1) is 16.3.